The van der Waals surface area contributed by atoms with Crippen LogP contribution in [-0.2, 0) is 0 Å². The maximum Gasteiger partial charge on any atom is 0.123 e. The maximum atomic E-state index is 6.58. The zero-order chi connectivity index (χ0) is 14.0. The highest BCUT2D eigenvalue weighted by atomic mass is 79.9. The summed E-state index contributed by atoms with van der Waals surface area (Å²) in [6, 6.07) is 11.5. The van der Waals surface area contributed by atoms with Gasteiger partial charge in [0.15, 0.2) is 0 Å². The number of ether oxygens (including phenoxy) is 1. The van der Waals surface area contributed by atoms with E-state index in [-0.39, 0.29) is 5.38 Å². The topological polar surface area (TPSA) is 9.23 Å². The van der Waals surface area contributed by atoms with E-state index in [1.165, 1.54) is 5.56 Å². The van der Waals surface area contributed by atoms with Gasteiger partial charge in [0.05, 0.1) is 12.5 Å². The molecular weight excluding hydrogens is 347 g/mol. The Kier molecular flexibility index (Phi) is 4.77. The third kappa shape index (κ3) is 3.25. The van der Waals surface area contributed by atoms with Crippen molar-refractivity contribution in [3.8, 4) is 5.75 Å². The van der Waals surface area contributed by atoms with Crippen LogP contribution >= 0.6 is 39.1 Å². The Morgan fingerprint density at radius 1 is 1.11 bits per heavy atom. The lowest BCUT2D eigenvalue weighted by Gasteiger charge is -2.16. The van der Waals surface area contributed by atoms with E-state index in [2.05, 4.69) is 15.9 Å². The van der Waals surface area contributed by atoms with Gasteiger partial charge in [-0.2, -0.15) is 0 Å². The normalized spacial score (nSPS) is 12.3. The van der Waals surface area contributed by atoms with E-state index in [0.29, 0.717) is 5.02 Å². The molecule has 0 N–H and O–H groups in total. The zero-order valence-corrected chi connectivity index (χ0v) is 13.7. The van der Waals surface area contributed by atoms with Gasteiger partial charge in [-0.3, -0.25) is 0 Å². The number of methoxy groups -OCH3 is 1. The lowest BCUT2D eigenvalue weighted by Crippen LogP contribution is -1.98. The van der Waals surface area contributed by atoms with E-state index >= 15 is 0 Å². The van der Waals surface area contributed by atoms with Crippen LogP contribution in [0, 0.1) is 6.92 Å². The molecule has 0 bridgehead atoms. The summed E-state index contributed by atoms with van der Waals surface area (Å²) >= 11 is 16.2. The first-order valence-corrected chi connectivity index (χ1v) is 7.37. The number of hydrogen-bond donors (Lipinski definition) is 0. The minimum atomic E-state index is -0.316. The molecule has 1 atom stereocenters. The van der Waals surface area contributed by atoms with Crippen LogP contribution in [0.3, 0.4) is 0 Å². The molecule has 0 amide bonds. The van der Waals surface area contributed by atoms with Crippen molar-refractivity contribution < 1.29 is 4.74 Å². The summed E-state index contributed by atoms with van der Waals surface area (Å²) in [5.74, 6) is 0.733. The minimum absolute atomic E-state index is 0.316. The molecule has 0 aromatic heterocycles. The molecule has 0 aliphatic heterocycles. The molecular formula is C15H13BrCl2O. The Bertz CT molecular complexity index is 599. The number of aryl methyl sites for hydroxylation is 1. The van der Waals surface area contributed by atoms with Crippen molar-refractivity contribution in [1.29, 1.82) is 0 Å². The van der Waals surface area contributed by atoms with E-state index < -0.39 is 0 Å². The third-order valence-corrected chi connectivity index (χ3v) is 4.29. The van der Waals surface area contributed by atoms with Crippen molar-refractivity contribution in [3.63, 3.8) is 0 Å². The van der Waals surface area contributed by atoms with E-state index in [1.807, 2.05) is 37.3 Å². The summed E-state index contributed by atoms with van der Waals surface area (Å²) in [6.45, 7) is 2.04. The van der Waals surface area contributed by atoms with Gasteiger partial charge in [-0.05, 0) is 42.3 Å². The third-order valence-electron chi connectivity index (χ3n) is 2.89. The van der Waals surface area contributed by atoms with Crippen LogP contribution in [0.25, 0.3) is 0 Å². The summed E-state index contributed by atoms with van der Waals surface area (Å²) < 4.78 is 6.33. The highest BCUT2D eigenvalue weighted by Gasteiger charge is 2.18. The second-order valence-electron chi connectivity index (χ2n) is 4.27. The fourth-order valence-corrected chi connectivity index (χ4v) is 3.30. The number of rotatable bonds is 3. The molecule has 0 spiro atoms. The molecule has 0 radical (unpaired) electrons. The van der Waals surface area contributed by atoms with E-state index in [0.717, 1.165) is 21.3 Å². The van der Waals surface area contributed by atoms with Gasteiger partial charge in [-0.15, -0.1) is 11.6 Å². The predicted octanol–water partition coefficient (Wildman–Crippen LogP) is 5.75. The number of hydrogen-bond acceptors (Lipinski definition) is 1. The van der Waals surface area contributed by atoms with E-state index in [9.17, 15) is 0 Å². The summed E-state index contributed by atoms with van der Waals surface area (Å²) in [5.41, 5.74) is 3.03. The molecule has 2 aromatic rings. The predicted molar refractivity (Wildman–Crippen MR) is 84.6 cm³/mol. The molecule has 2 rings (SSSR count). The smallest absolute Gasteiger partial charge is 0.123 e. The molecule has 0 saturated carbocycles. The molecule has 4 heteroatoms. The molecule has 0 aliphatic rings. The fourth-order valence-electron chi connectivity index (χ4n) is 1.91. The lowest BCUT2D eigenvalue weighted by molar-refractivity contribution is 0.410. The number of benzene rings is 2. The first kappa shape index (κ1) is 14.7. The molecule has 100 valence electrons. The Morgan fingerprint density at radius 2 is 1.84 bits per heavy atom. The molecule has 0 heterocycles. The van der Waals surface area contributed by atoms with Gasteiger partial charge in [-0.25, -0.2) is 0 Å². The molecule has 1 unspecified atom stereocenters. The largest absolute Gasteiger partial charge is 0.496 e. The van der Waals surface area contributed by atoms with Crippen LogP contribution in [-0.4, -0.2) is 7.11 Å². The van der Waals surface area contributed by atoms with Gasteiger partial charge >= 0.3 is 0 Å². The van der Waals surface area contributed by atoms with Gasteiger partial charge in [0.2, 0.25) is 0 Å². The van der Waals surface area contributed by atoms with Crippen molar-refractivity contribution in [3.05, 3.63) is 62.6 Å². The van der Waals surface area contributed by atoms with Crippen LogP contribution < -0.4 is 4.74 Å². The monoisotopic (exact) mass is 358 g/mol. The van der Waals surface area contributed by atoms with Crippen LogP contribution in [0.1, 0.15) is 22.1 Å². The Labute approximate surface area is 131 Å². The molecule has 0 saturated heterocycles. The van der Waals surface area contributed by atoms with E-state index in [4.69, 9.17) is 27.9 Å². The average molecular weight is 360 g/mol. The maximum absolute atomic E-state index is 6.58. The van der Waals surface area contributed by atoms with Gasteiger partial charge in [-0.1, -0.05) is 39.7 Å². The van der Waals surface area contributed by atoms with Crippen molar-refractivity contribution in [2.75, 3.05) is 7.11 Å². The standard InChI is InChI=1S/C15H13BrCl2O/c1-9-3-5-11(13(16)7-9)15(18)12-8-10(17)4-6-14(12)19-2/h3-8,15H,1-2H3. The number of halogens is 3. The summed E-state index contributed by atoms with van der Waals surface area (Å²) in [5, 5.41) is 0.327. The Balaban J connectivity index is 2.49. The first-order chi connectivity index (χ1) is 9.02. The van der Waals surface area contributed by atoms with Crippen LogP contribution in [0.15, 0.2) is 40.9 Å². The van der Waals surface area contributed by atoms with Crippen LogP contribution in [0.2, 0.25) is 5.02 Å². The quantitative estimate of drug-likeness (QED) is 0.634. The van der Waals surface area contributed by atoms with Gasteiger partial charge in [0.25, 0.3) is 0 Å². The van der Waals surface area contributed by atoms with E-state index in [1.54, 1.807) is 13.2 Å². The van der Waals surface area contributed by atoms with Crippen molar-refractivity contribution in [2.24, 2.45) is 0 Å². The van der Waals surface area contributed by atoms with Crippen LogP contribution in [0.5, 0.6) is 5.75 Å². The fraction of sp³-hybridized carbons (Fsp3) is 0.200. The highest BCUT2D eigenvalue weighted by Crippen LogP contribution is 2.39. The molecule has 19 heavy (non-hydrogen) atoms. The number of alkyl halides is 1. The van der Waals surface area contributed by atoms with Crippen molar-refractivity contribution in [1.82, 2.24) is 0 Å². The Morgan fingerprint density at radius 3 is 2.47 bits per heavy atom. The van der Waals surface area contributed by atoms with Crippen molar-refractivity contribution >= 4 is 39.1 Å². The summed E-state index contributed by atoms with van der Waals surface area (Å²) in [6.07, 6.45) is 0. The average Bonchev–Trinajstić information content (AvgIpc) is 2.38. The second kappa shape index (κ2) is 6.17. The second-order valence-corrected chi connectivity index (χ2v) is 6.00. The Hall–Kier alpha value is -0.700. The van der Waals surface area contributed by atoms with Gasteiger partial charge < -0.3 is 4.74 Å². The highest BCUT2D eigenvalue weighted by molar-refractivity contribution is 9.10. The molecule has 0 aliphatic carbocycles. The SMILES string of the molecule is COc1ccc(Cl)cc1C(Cl)c1ccc(C)cc1Br. The zero-order valence-electron chi connectivity index (χ0n) is 10.6. The van der Waals surface area contributed by atoms with Gasteiger partial charge in [0.1, 0.15) is 5.75 Å². The van der Waals surface area contributed by atoms with Crippen LogP contribution in [0.4, 0.5) is 0 Å². The summed E-state index contributed by atoms with van der Waals surface area (Å²) in [7, 11) is 1.63. The molecule has 2 aromatic carbocycles. The summed E-state index contributed by atoms with van der Waals surface area (Å²) in [4.78, 5) is 0. The molecule has 0 fully saturated rings. The first-order valence-electron chi connectivity index (χ1n) is 5.76. The van der Waals surface area contributed by atoms with Crippen molar-refractivity contribution in [2.45, 2.75) is 12.3 Å². The van der Waals surface area contributed by atoms with Gasteiger partial charge in [0, 0.05) is 15.1 Å². The minimum Gasteiger partial charge on any atom is -0.496 e. The molecule has 1 nitrogen and oxygen atoms in total. The lowest BCUT2D eigenvalue weighted by atomic mass is 10.0.